The topological polar surface area (TPSA) is 98.4 Å². The van der Waals surface area contributed by atoms with Gasteiger partial charge in [0.05, 0.1) is 0 Å². The Morgan fingerprint density at radius 1 is 0.778 bits per heavy atom. The van der Waals surface area contributed by atoms with Gasteiger partial charge < -0.3 is 5.73 Å². The lowest BCUT2D eigenvalue weighted by Crippen LogP contribution is -2.46. The summed E-state index contributed by atoms with van der Waals surface area (Å²) in [4.78, 5) is 9.60. The Balaban J connectivity index is 0.000000232. The van der Waals surface area contributed by atoms with E-state index in [4.69, 9.17) is 0 Å². The molecule has 0 radical (unpaired) electrons. The van der Waals surface area contributed by atoms with Crippen molar-refractivity contribution in [2.45, 2.75) is 0 Å². The first-order valence-electron chi connectivity index (χ1n) is 5.30. The van der Waals surface area contributed by atoms with Crippen LogP contribution in [0.3, 0.4) is 0 Å². The third-order valence-electron chi connectivity index (χ3n) is 2.14. The van der Waals surface area contributed by atoms with Gasteiger partial charge in [-0.2, -0.15) is 5.12 Å². The van der Waals surface area contributed by atoms with E-state index in [-0.39, 0.29) is 0 Å². The van der Waals surface area contributed by atoms with Crippen LogP contribution in [0.4, 0.5) is 4.79 Å². The highest BCUT2D eigenvalue weighted by molar-refractivity contribution is 5.70. The molecule has 5 heteroatoms. The summed E-state index contributed by atoms with van der Waals surface area (Å²) in [6.45, 7) is 0. The van der Waals surface area contributed by atoms with Crippen LogP contribution in [-0.4, -0.2) is 11.1 Å². The van der Waals surface area contributed by atoms with Gasteiger partial charge >= 0.3 is 6.03 Å². The first-order chi connectivity index (χ1) is 8.61. The second kappa shape index (κ2) is 7.05. The van der Waals surface area contributed by atoms with Crippen molar-refractivity contribution in [3.63, 3.8) is 0 Å². The van der Waals surface area contributed by atoms with Gasteiger partial charge in [0, 0.05) is 0 Å². The van der Waals surface area contributed by atoms with E-state index >= 15 is 0 Å². The second-order valence-corrected chi connectivity index (χ2v) is 3.48. The quantitative estimate of drug-likeness (QED) is 0.402. The van der Waals surface area contributed by atoms with Crippen LogP contribution in [0, 0.1) is 0 Å². The van der Waals surface area contributed by atoms with Crippen LogP contribution in [-0.2, 0) is 0 Å². The third-order valence-corrected chi connectivity index (χ3v) is 2.14. The summed E-state index contributed by atoms with van der Waals surface area (Å²) in [5.41, 5.74) is 7.02. The van der Waals surface area contributed by atoms with E-state index in [1.807, 2.05) is 12.1 Å². The Bertz CT molecular complexity index is 433. The molecule has 2 aromatic rings. The number of amides is 2. The molecule has 0 saturated heterocycles. The van der Waals surface area contributed by atoms with Gasteiger partial charge in [0.2, 0.25) is 0 Å². The Morgan fingerprint density at radius 2 is 1.06 bits per heavy atom. The Labute approximate surface area is 106 Å². The third kappa shape index (κ3) is 4.65. The second-order valence-electron chi connectivity index (χ2n) is 3.48. The van der Waals surface area contributed by atoms with Crippen LogP contribution in [0.15, 0.2) is 60.7 Å². The normalized spacial score (nSPS) is 9.00. The Hall–Kier alpha value is -2.37. The van der Waals surface area contributed by atoms with Crippen LogP contribution in [0.25, 0.3) is 11.1 Å². The van der Waals surface area contributed by atoms with E-state index in [2.05, 4.69) is 65.9 Å². The molecule has 0 aromatic heterocycles. The molecule has 0 aliphatic rings. The maximum atomic E-state index is 9.60. The zero-order valence-corrected chi connectivity index (χ0v) is 9.86. The van der Waals surface area contributed by atoms with Gasteiger partial charge in [-0.15, -0.1) is 0 Å². The highest BCUT2D eigenvalue weighted by Crippen LogP contribution is 2.17. The molecule has 0 atom stereocenters. The molecular weight excluding hydrogens is 228 g/mol. The molecule has 0 bridgehead atoms. The number of primary amides is 1. The van der Waals surface area contributed by atoms with Gasteiger partial charge in [0.25, 0.3) is 0 Å². The molecule has 0 aliphatic carbocycles. The zero-order valence-electron chi connectivity index (χ0n) is 9.86. The molecule has 0 unspecified atom stereocenters. The minimum Gasteiger partial charge on any atom is -0.349 e. The highest BCUT2D eigenvalue weighted by atomic mass is 16.2. The summed E-state index contributed by atoms with van der Waals surface area (Å²) in [6, 6.07) is 19.9. The first-order valence-corrected chi connectivity index (χ1v) is 5.30. The maximum absolute atomic E-state index is 9.60. The van der Waals surface area contributed by atoms with Crippen molar-refractivity contribution in [1.29, 1.82) is 0 Å². The molecule has 0 fully saturated rings. The summed E-state index contributed by atoms with van der Waals surface area (Å²) >= 11 is 0. The van der Waals surface area contributed by atoms with Crippen LogP contribution >= 0.6 is 0 Å². The van der Waals surface area contributed by atoms with E-state index in [0.717, 1.165) is 0 Å². The number of carbonyl (C=O) groups is 1. The molecular formula is C13H16N4O. The van der Waals surface area contributed by atoms with Crippen LogP contribution in [0.1, 0.15) is 0 Å². The van der Waals surface area contributed by atoms with Crippen molar-refractivity contribution >= 4 is 6.03 Å². The fourth-order valence-electron chi connectivity index (χ4n) is 1.26. The number of nitrogens with zero attached hydrogens (tertiary/aromatic N) is 1. The summed E-state index contributed by atoms with van der Waals surface area (Å²) in [7, 11) is 0. The van der Waals surface area contributed by atoms with E-state index in [0.29, 0.717) is 5.12 Å². The summed E-state index contributed by atoms with van der Waals surface area (Å²) in [5.74, 6) is 9.14. The van der Waals surface area contributed by atoms with E-state index in [1.165, 1.54) is 11.1 Å². The van der Waals surface area contributed by atoms with E-state index in [9.17, 15) is 4.79 Å². The number of urea groups is 1. The molecule has 0 aliphatic heterocycles. The van der Waals surface area contributed by atoms with Gasteiger partial charge in [-0.1, -0.05) is 60.7 Å². The minimum atomic E-state index is -0.852. The predicted octanol–water partition coefficient (Wildman–Crippen LogP) is 1.47. The van der Waals surface area contributed by atoms with E-state index < -0.39 is 6.03 Å². The molecule has 94 valence electrons. The van der Waals surface area contributed by atoms with E-state index in [1.54, 1.807) is 0 Å². The van der Waals surface area contributed by atoms with Gasteiger partial charge in [-0.05, 0) is 11.1 Å². The number of rotatable bonds is 1. The smallest absolute Gasteiger partial charge is 0.343 e. The Morgan fingerprint density at radius 3 is 1.28 bits per heavy atom. The van der Waals surface area contributed by atoms with Gasteiger partial charge in [-0.25, -0.2) is 16.5 Å². The SMILES string of the molecule is NC(=O)N(N)N.c1ccc(-c2ccccc2)cc1. The Kier molecular flexibility index (Phi) is 5.37. The first kappa shape index (κ1) is 13.7. The fraction of sp³-hybridized carbons (Fsp3) is 0. The molecule has 0 spiro atoms. The van der Waals surface area contributed by atoms with Crippen molar-refractivity contribution in [3.8, 4) is 11.1 Å². The van der Waals surface area contributed by atoms with Crippen molar-refractivity contribution in [2.24, 2.45) is 17.4 Å². The van der Waals surface area contributed by atoms with Crippen LogP contribution < -0.4 is 17.4 Å². The molecule has 5 nitrogen and oxygen atoms in total. The summed E-state index contributed by atoms with van der Waals surface area (Å²) in [5, 5.41) is 0.306. The lowest BCUT2D eigenvalue weighted by atomic mass is 10.1. The van der Waals surface area contributed by atoms with Crippen LogP contribution in [0.2, 0.25) is 0 Å². The largest absolute Gasteiger partial charge is 0.349 e. The molecule has 2 aromatic carbocycles. The number of nitrogens with two attached hydrogens (primary N) is 3. The number of hydrogen-bond acceptors (Lipinski definition) is 3. The molecule has 2 rings (SSSR count). The lowest BCUT2D eigenvalue weighted by Gasteiger charge is -2.00. The average molecular weight is 244 g/mol. The zero-order chi connectivity index (χ0) is 13.4. The number of benzene rings is 2. The molecule has 18 heavy (non-hydrogen) atoms. The molecule has 0 saturated carbocycles. The lowest BCUT2D eigenvalue weighted by molar-refractivity contribution is 0.210. The van der Waals surface area contributed by atoms with Crippen molar-refractivity contribution in [3.05, 3.63) is 60.7 Å². The summed E-state index contributed by atoms with van der Waals surface area (Å²) in [6.07, 6.45) is 0. The molecule has 2 amide bonds. The van der Waals surface area contributed by atoms with Gasteiger partial charge in [0.15, 0.2) is 0 Å². The minimum absolute atomic E-state index is 0.306. The van der Waals surface area contributed by atoms with Gasteiger partial charge in [0.1, 0.15) is 0 Å². The maximum Gasteiger partial charge on any atom is 0.343 e. The monoisotopic (exact) mass is 244 g/mol. The van der Waals surface area contributed by atoms with Crippen molar-refractivity contribution in [1.82, 2.24) is 5.12 Å². The van der Waals surface area contributed by atoms with Gasteiger partial charge in [-0.3, -0.25) is 0 Å². The fourth-order valence-corrected chi connectivity index (χ4v) is 1.26. The molecule has 0 heterocycles. The van der Waals surface area contributed by atoms with Crippen molar-refractivity contribution in [2.75, 3.05) is 0 Å². The number of hydrazine groups is 2. The number of carbonyl (C=O) groups excluding carboxylic acids is 1. The predicted molar refractivity (Wildman–Crippen MR) is 71.7 cm³/mol. The molecule has 6 N–H and O–H groups in total. The number of hydrogen-bond donors (Lipinski definition) is 3. The summed E-state index contributed by atoms with van der Waals surface area (Å²) < 4.78 is 0. The van der Waals surface area contributed by atoms with Crippen molar-refractivity contribution < 1.29 is 4.79 Å². The van der Waals surface area contributed by atoms with Crippen LogP contribution in [0.5, 0.6) is 0 Å². The highest BCUT2D eigenvalue weighted by Gasteiger charge is 1.92. The standard InChI is InChI=1S/C12H10.CH6N4O/c1-3-7-11(8-4-1)12-9-5-2-6-10-12;2-1(6)5(3)4/h1-10H;3-4H2,(H2,2,6). The average Bonchev–Trinajstić information content (AvgIpc) is 2.41.